The van der Waals surface area contributed by atoms with Crippen molar-refractivity contribution in [3.8, 4) is 11.5 Å². The van der Waals surface area contributed by atoms with E-state index in [0.717, 1.165) is 27.6 Å². The quantitative estimate of drug-likeness (QED) is 0.485. The number of H-pyrrole nitrogens is 1. The fraction of sp³-hybridized carbons (Fsp3) is 0.286. The molecule has 1 aromatic heterocycles. The van der Waals surface area contributed by atoms with Crippen molar-refractivity contribution in [1.82, 2.24) is 9.88 Å². The molecule has 2 heterocycles. The van der Waals surface area contributed by atoms with Gasteiger partial charge in [-0.25, -0.2) is 4.79 Å². The number of aliphatic carboxylic acids is 1. The monoisotopic (exact) mass is 488 g/mol. The topological polar surface area (TPSA) is 112 Å². The molecule has 8 nitrogen and oxygen atoms in total. The zero-order valence-corrected chi connectivity index (χ0v) is 20.4. The summed E-state index contributed by atoms with van der Waals surface area (Å²) in [6.45, 7) is 1.21. The molecule has 1 aliphatic heterocycles. The van der Waals surface area contributed by atoms with Crippen LogP contribution in [0.1, 0.15) is 30.0 Å². The third kappa shape index (κ3) is 3.56. The van der Waals surface area contributed by atoms with Crippen LogP contribution in [0.2, 0.25) is 0 Å². The number of allylic oxidation sites excluding steroid dienone is 2. The minimum Gasteiger partial charge on any atom is -0.497 e. The molecule has 3 N–H and O–H groups in total. The average molecular weight is 489 g/mol. The molecule has 3 aromatic rings. The Morgan fingerprint density at radius 1 is 1.14 bits per heavy atom. The summed E-state index contributed by atoms with van der Waals surface area (Å²) in [7, 11) is 3.10. The number of fused-ring (bicyclic) bond motifs is 3. The van der Waals surface area contributed by atoms with Gasteiger partial charge in [0.25, 0.3) is 0 Å². The first-order valence-electron chi connectivity index (χ1n) is 11.7. The Balaban J connectivity index is 1.79. The number of hydrogen-bond acceptors (Lipinski definition) is 6. The number of aliphatic hydroxyl groups is 1. The molecule has 0 saturated heterocycles. The van der Waals surface area contributed by atoms with E-state index in [1.807, 2.05) is 30.5 Å². The van der Waals surface area contributed by atoms with Crippen molar-refractivity contribution in [3.05, 3.63) is 76.5 Å². The molecule has 0 amide bonds. The summed E-state index contributed by atoms with van der Waals surface area (Å²) < 4.78 is 10.9. The number of nitrogens with zero attached hydrogens (tertiary/aromatic N) is 1. The van der Waals surface area contributed by atoms with Gasteiger partial charge in [0.15, 0.2) is 11.3 Å². The molecule has 0 saturated carbocycles. The van der Waals surface area contributed by atoms with E-state index in [2.05, 4.69) is 4.98 Å². The number of aliphatic hydroxyl groups excluding tert-OH is 1. The van der Waals surface area contributed by atoms with E-state index < -0.39 is 18.1 Å². The van der Waals surface area contributed by atoms with Gasteiger partial charge in [-0.05, 0) is 60.9 Å². The number of carboxylic acids is 1. The normalized spacial score (nSPS) is 19.5. The summed E-state index contributed by atoms with van der Waals surface area (Å²) in [6.07, 6.45) is 4.25. The van der Waals surface area contributed by atoms with Crippen LogP contribution >= 0.6 is 0 Å². The molecule has 1 atom stereocenters. The molecule has 2 aliphatic rings. The highest BCUT2D eigenvalue weighted by molar-refractivity contribution is 6.09. The first-order chi connectivity index (χ1) is 17.3. The molecular formula is C28H28N2O6. The van der Waals surface area contributed by atoms with Gasteiger partial charge in [-0.1, -0.05) is 0 Å². The maximum atomic E-state index is 13.4. The van der Waals surface area contributed by atoms with E-state index in [1.165, 1.54) is 0 Å². The predicted octanol–water partition coefficient (Wildman–Crippen LogP) is 3.69. The first-order valence-corrected chi connectivity index (χ1v) is 11.7. The van der Waals surface area contributed by atoms with Crippen LogP contribution in [-0.4, -0.2) is 58.2 Å². The van der Waals surface area contributed by atoms with Crippen molar-refractivity contribution in [2.75, 3.05) is 20.8 Å². The lowest BCUT2D eigenvalue weighted by Gasteiger charge is -2.46. The Morgan fingerprint density at radius 2 is 1.94 bits per heavy atom. The van der Waals surface area contributed by atoms with Crippen molar-refractivity contribution in [3.63, 3.8) is 0 Å². The number of benzene rings is 2. The molecule has 0 radical (unpaired) electrons. The van der Waals surface area contributed by atoms with Crippen LogP contribution in [0.25, 0.3) is 16.6 Å². The lowest BCUT2D eigenvalue weighted by Crippen LogP contribution is -2.55. The Hall–Kier alpha value is -4.04. The van der Waals surface area contributed by atoms with Crippen LogP contribution in [0.4, 0.5) is 0 Å². The number of rotatable bonds is 6. The molecule has 36 heavy (non-hydrogen) atoms. The first kappa shape index (κ1) is 23.7. The maximum Gasteiger partial charge on any atom is 0.333 e. The number of aryl methyl sites for hydroxylation is 1. The van der Waals surface area contributed by atoms with E-state index in [4.69, 9.17) is 9.47 Å². The molecule has 0 bridgehead atoms. The summed E-state index contributed by atoms with van der Waals surface area (Å²) in [5.74, 6) is -0.0701. The van der Waals surface area contributed by atoms with Gasteiger partial charge >= 0.3 is 5.97 Å². The second kappa shape index (κ2) is 8.87. The molecule has 186 valence electrons. The Labute approximate surface area is 208 Å². The average Bonchev–Trinajstić information content (AvgIpc) is 3.29. The predicted molar refractivity (Wildman–Crippen MR) is 135 cm³/mol. The second-order valence-electron chi connectivity index (χ2n) is 9.23. The summed E-state index contributed by atoms with van der Waals surface area (Å²) in [5, 5.41) is 21.7. The van der Waals surface area contributed by atoms with E-state index in [-0.39, 0.29) is 24.3 Å². The number of nitrogens with one attached hydrogen (secondary N) is 1. The van der Waals surface area contributed by atoms with E-state index in [0.29, 0.717) is 29.2 Å². The van der Waals surface area contributed by atoms with E-state index in [9.17, 15) is 19.8 Å². The van der Waals surface area contributed by atoms with Crippen molar-refractivity contribution in [2.45, 2.75) is 31.8 Å². The largest absolute Gasteiger partial charge is 0.497 e. The molecule has 0 spiro atoms. The lowest BCUT2D eigenvalue weighted by molar-refractivity contribution is -0.147. The van der Waals surface area contributed by atoms with Gasteiger partial charge < -0.3 is 29.6 Å². The molecule has 8 heteroatoms. The summed E-state index contributed by atoms with van der Waals surface area (Å²) in [5.41, 5.74) is 3.07. The highest BCUT2D eigenvalue weighted by Gasteiger charge is 2.48. The Kier molecular flexibility index (Phi) is 5.84. The zero-order valence-electron chi connectivity index (χ0n) is 20.4. The third-order valence-electron chi connectivity index (χ3n) is 7.37. The lowest BCUT2D eigenvalue weighted by atomic mass is 9.81. The zero-order chi connectivity index (χ0) is 25.6. The third-order valence-corrected chi connectivity index (χ3v) is 7.37. The van der Waals surface area contributed by atoms with E-state index >= 15 is 0 Å². The molecule has 5 rings (SSSR count). The number of carbonyl (C=O) groups excluding carboxylic acids is 1. The van der Waals surface area contributed by atoms with Gasteiger partial charge in [-0.15, -0.1) is 0 Å². The number of aromatic amines is 1. The molecule has 1 aliphatic carbocycles. The van der Waals surface area contributed by atoms with Crippen LogP contribution in [0, 0.1) is 0 Å². The number of methoxy groups -OCH3 is 2. The minimum atomic E-state index is -1.60. The van der Waals surface area contributed by atoms with Crippen molar-refractivity contribution < 1.29 is 29.3 Å². The van der Waals surface area contributed by atoms with Crippen LogP contribution in [0.15, 0.2) is 59.8 Å². The highest BCUT2D eigenvalue weighted by Crippen LogP contribution is 2.45. The van der Waals surface area contributed by atoms with Crippen LogP contribution < -0.4 is 9.47 Å². The van der Waals surface area contributed by atoms with Gasteiger partial charge in [-0.2, -0.15) is 0 Å². The van der Waals surface area contributed by atoms with Crippen molar-refractivity contribution in [1.29, 1.82) is 0 Å². The highest BCUT2D eigenvalue weighted by atomic mass is 16.5. The second-order valence-corrected chi connectivity index (χ2v) is 9.23. The molecular weight excluding hydrogens is 460 g/mol. The van der Waals surface area contributed by atoms with Crippen molar-refractivity contribution in [2.24, 2.45) is 0 Å². The van der Waals surface area contributed by atoms with Gasteiger partial charge in [0.1, 0.15) is 11.5 Å². The number of carboxylic acid groups (broad SMARTS) is 1. The van der Waals surface area contributed by atoms with Crippen LogP contribution in [0.5, 0.6) is 11.5 Å². The number of aromatic nitrogens is 1. The molecule has 1 unspecified atom stereocenters. The minimum absolute atomic E-state index is 0.0880. The summed E-state index contributed by atoms with van der Waals surface area (Å²) in [4.78, 5) is 31.2. The van der Waals surface area contributed by atoms with Gasteiger partial charge in [-0.3, -0.25) is 4.79 Å². The van der Waals surface area contributed by atoms with Gasteiger partial charge in [0.2, 0.25) is 0 Å². The van der Waals surface area contributed by atoms with Crippen molar-refractivity contribution >= 4 is 28.4 Å². The van der Waals surface area contributed by atoms with E-state index in [1.54, 1.807) is 44.3 Å². The fourth-order valence-corrected chi connectivity index (χ4v) is 5.23. The van der Waals surface area contributed by atoms with Gasteiger partial charge in [0, 0.05) is 52.8 Å². The van der Waals surface area contributed by atoms with Crippen LogP contribution in [0.3, 0.4) is 0 Å². The van der Waals surface area contributed by atoms with Crippen LogP contribution in [-0.2, 0) is 22.6 Å². The summed E-state index contributed by atoms with van der Waals surface area (Å²) in [6, 6.07) is 11.3. The number of Topliss-reactive ketones (excluding diaryl/α,β-unsaturated/α-hetero) is 1. The number of carbonyl (C=O) groups is 2. The fourth-order valence-electron chi connectivity index (χ4n) is 5.23. The summed E-state index contributed by atoms with van der Waals surface area (Å²) >= 11 is 0. The molecule has 2 aromatic carbocycles. The number of ether oxygens (including phenoxy) is 2. The standard InChI is InChI=1S/C28H28N2O6/c1-28(27(33)34)19(15-31)12-22-24(32)7-5-16-11-23-17(8-9-29-23)10-21(16)26(22)30(28)14-18-4-6-20(35-2)13-25(18)36-3/h4,6,8-13,29,31H,5,7,14-15H2,1-3H3,(H,33,34). The van der Waals surface area contributed by atoms with Gasteiger partial charge in [0.05, 0.1) is 26.5 Å². The Morgan fingerprint density at radius 3 is 2.64 bits per heavy atom. The number of hydrogen-bond donors (Lipinski definition) is 3. The SMILES string of the molecule is COc1ccc(CN2C3=C(C=C(CO)C2(C)C(=O)O)C(=O)CCc2cc4[nH]ccc4cc23)c(OC)c1. The Bertz CT molecular complexity index is 1450. The maximum absolute atomic E-state index is 13.4. The smallest absolute Gasteiger partial charge is 0.333 e. The molecule has 0 fully saturated rings. The number of ketones is 1.